The van der Waals surface area contributed by atoms with E-state index in [2.05, 4.69) is 29.9 Å². The summed E-state index contributed by atoms with van der Waals surface area (Å²) in [5.41, 5.74) is 2.58. The summed E-state index contributed by atoms with van der Waals surface area (Å²) in [6, 6.07) is 2.50. The Balaban J connectivity index is 2.78. The van der Waals surface area contributed by atoms with Gasteiger partial charge in [0, 0.05) is 18.4 Å². The monoisotopic (exact) mass is 190 g/mol. The minimum absolute atomic E-state index is 0.413. The molecule has 0 spiro atoms. The average molecular weight is 190 g/mol. The number of allylic oxidation sites excluding steroid dienone is 1. The third-order valence-electron chi connectivity index (χ3n) is 2.45. The van der Waals surface area contributed by atoms with Crippen LogP contribution in [0.2, 0.25) is 0 Å². The average Bonchev–Trinajstić information content (AvgIpc) is 2.21. The Morgan fingerprint density at radius 2 is 2.43 bits per heavy atom. The second-order valence-electron chi connectivity index (χ2n) is 3.44. The molecule has 2 heteroatoms. The third-order valence-corrected chi connectivity index (χ3v) is 2.45. The summed E-state index contributed by atoms with van der Waals surface area (Å²) >= 11 is 0. The van der Waals surface area contributed by atoms with Gasteiger partial charge >= 0.3 is 0 Å². The molecule has 0 saturated heterocycles. The first kappa shape index (κ1) is 10.9. The molecular weight excluding hydrogens is 172 g/mol. The predicted molar refractivity (Wildman–Crippen MR) is 60.2 cm³/mol. The number of nitrogens with zero attached hydrogens (tertiary/aromatic N) is 1. The Morgan fingerprint density at radius 3 is 3.00 bits per heavy atom. The van der Waals surface area contributed by atoms with E-state index in [9.17, 15) is 0 Å². The first-order chi connectivity index (χ1) is 6.79. The molecule has 0 aliphatic heterocycles. The summed E-state index contributed by atoms with van der Waals surface area (Å²) in [5.74, 6) is 0. The van der Waals surface area contributed by atoms with E-state index in [4.69, 9.17) is 0 Å². The molecule has 1 heterocycles. The van der Waals surface area contributed by atoms with Crippen LogP contribution < -0.4 is 5.32 Å². The van der Waals surface area contributed by atoms with E-state index in [1.165, 1.54) is 11.1 Å². The number of hydrogen-bond acceptors (Lipinski definition) is 2. The Hall–Kier alpha value is -1.15. The van der Waals surface area contributed by atoms with Crippen molar-refractivity contribution in [2.45, 2.75) is 25.8 Å². The summed E-state index contributed by atoms with van der Waals surface area (Å²) in [4.78, 5) is 4.09. The molecule has 0 radical (unpaired) electrons. The zero-order chi connectivity index (χ0) is 10.4. The van der Waals surface area contributed by atoms with E-state index >= 15 is 0 Å². The van der Waals surface area contributed by atoms with Crippen molar-refractivity contribution in [1.29, 1.82) is 0 Å². The van der Waals surface area contributed by atoms with Gasteiger partial charge in [-0.2, -0.15) is 0 Å². The summed E-state index contributed by atoms with van der Waals surface area (Å²) in [6.45, 7) is 5.84. The van der Waals surface area contributed by atoms with E-state index in [-0.39, 0.29) is 0 Å². The lowest BCUT2D eigenvalue weighted by Gasteiger charge is -2.17. The van der Waals surface area contributed by atoms with Crippen LogP contribution in [-0.2, 0) is 0 Å². The van der Waals surface area contributed by atoms with Crippen LogP contribution in [0.5, 0.6) is 0 Å². The third kappa shape index (κ3) is 2.67. The van der Waals surface area contributed by atoms with Crippen LogP contribution in [0.25, 0.3) is 0 Å². The van der Waals surface area contributed by atoms with Crippen LogP contribution in [0.15, 0.2) is 31.1 Å². The molecule has 0 aromatic carbocycles. The summed E-state index contributed by atoms with van der Waals surface area (Å²) in [6.07, 6.45) is 7.84. The molecule has 0 aliphatic carbocycles. The number of rotatable bonds is 5. The molecule has 14 heavy (non-hydrogen) atoms. The molecule has 1 aromatic heterocycles. The van der Waals surface area contributed by atoms with Gasteiger partial charge in [-0.05, 0) is 44.0 Å². The highest BCUT2D eigenvalue weighted by atomic mass is 14.9. The summed E-state index contributed by atoms with van der Waals surface area (Å²) in [7, 11) is 1.99. The lowest BCUT2D eigenvalue weighted by molar-refractivity contribution is 0.551. The fourth-order valence-electron chi connectivity index (χ4n) is 1.61. The van der Waals surface area contributed by atoms with Crippen LogP contribution in [0.1, 0.15) is 30.0 Å². The van der Waals surface area contributed by atoms with Crippen molar-refractivity contribution in [3.8, 4) is 0 Å². The predicted octanol–water partition coefficient (Wildman–Crippen LogP) is 2.62. The zero-order valence-corrected chi connectivity index (χ0v) is 8.96. The number of aromatic nitrogens is 1. The van der Waals surface area contributed by atoms with Gasteiger partial charge < -0.3 is 5.32 Å². The highest BCUT2D eigenvalue weighted by Gasteiger charge is 2.09. The van der Waals surface area contributed by atoms with Crippen molar-refractivity contribution in [2.75, 3.05) is 7.05 Å². The molecule has 1 unspecified atom stereocenters. The van der Waals surface area contributed by atoms with Gasteiger partial charge in [0.15, 0.2) is 0 Å². The molecule has 76 valence electrons. The van der Waals surface area contributed by atoms with Crippen molar-refractivity contribution >= 4 is 0 Å². The van der Waals surface area contributed by atoms with Crippen LogP contribution in [-0.4, -0.2) is 12.0 Å². The second-order valence-corrected chi connectivity index (χ2v) is 3.44. The standard InChI is InChI=1S/C12H18N2/c1-4-5-6-12(13-3)11-7-8-14-9-10(11)2/h4,7-9,12-13H,1,5-6H2,2-3H3. The van der Waals surface area contributed by atoms with Gasteiger partial charge in [0.2, 0.25) is 0 Å². The first-order valence-electron chi connectivity index (χ1n) is 4.98. The Bertz CT molecular complexity index is 294. The van der Waals surface area contributed by atoms with E-state index in [1.807, 2.05) is 25.5 Å². The van der Waals surface area contributed by atoms with Gasteiger partial charge in [0.25, 0.3) is 0 Å². The Labute approximate surface area is 86.1 Å². The number of hydrogen-bond donors (Lipinski definition) is 1. The summed E-state index contributed by atoms with van der Waals surface area (Å²) < 4.78 is 0. The largest absolute Gasteiger partial charge is 0.313 e. The zero-order valence-electron chi connectivity index (χ0n) is 8.96. The number of aryl methyl sites for hydroxylation is 1. The molecule has 0 fully saturated rings. The van der Waals surface area contributed by atoms with Gasteiger partial charge in [0.1, 0.15) is 0 Å². The number of nitrogens with one attached hydrogen (secondary N) is 1. The van der Waals surface area contributed by atoms with E-state index < -0.39 is 0 Å². The van der Waals surface area contributed by atoms with Crippen LogP contribution >= 0.6 is 0 Å². The van der Waals surface area contributed by atoms with E-state index in [0.29, 0.717) is 6.04 Å². The van der Waals surface area contributed by atoms with Gasteiger partial charge in [0.05, 0.1) is 0 Å². The molecule has 1 aromatic rings. The fraction of sp³-hybridized carbons (Fsp3) is 0.417. The van der Waals surface area contributed by atoms with Gasteiger partial charge in [-0.15, -0.1) is 6.58 Å². The molecule has 0 bridgehead atoms. The second kappa shape index (κ2) is 5.55. The fourth-order valence-corrected chi connectivity index (χ4v) is 1.61. The number of pyridine rings is 1. The lowest BCUT2D eigenvalue weighted by Crippen LogP contribution is -2.17. The SMILES string of the molecule is C=CCCC(NC)c1ccncc1C. The van der Waals surface area contributed by atoms with Crippen molar-refractivity contribution in [2.24, 2.45) is 0 Å². The lowest BCUT2D eigenvalue weighted by atomic mass is 9.99. The van der Waals surface area contributed by atoms with Crippen LogP contribution in [0.4, 0.5) is 0 Å². The molecule has 2 nitrogen and oxygen atoms in total. The van der Waals surface area contributed by atoms with Gasteiger partial charge in [-0.25, -0.2) is 0 Å². The van der Waals surface area contributed by atoms with Gasteiger partial charge in [-0.3, -0.25) is 4.98 Å². The van der Waals surface area contributed by atoms with Crippen LogP contribution in [0, 0.1) is 6.92 Å². The molecule has 0 saturated carbocycles. The molecule has 0 amide bonds. The molecular formula is C12H18N2. The maximum absolute atomic E-state index is 4.09. The van der Waals surface area contributed by atoms with Crippen molar-refractivity contribution in [3.63, 3.8) is 0 Å². The smallest absolute Gasteiger partial charge is 0.0324 e. The highest BCUT2D eigenvalue weighted by molar-refractivity contribution is 5.25. The van der Waals surface area contributed by atoms with Crippen molar-refractivity contribution < 1.29 is 0 Å². The molecule has 0 aliphatic rings. The quantitative estimate of drug-likeness (QED) is 0.722. The van der Waals surface area contributed by atoms with Crippen molar-refractivity contribution in [3.05, 3.63) is 42.2 Å². The highest BCUT2D eigenvalue weighted by Crippen LogP contribution is 2.20. The minimum atomic E-state index is 0.413. The Morgan fingerprint density at radius 1 is 1.64 bits per heavy atom. The van der Waals surface area contributed by atoms with E-state index in [1.54, 1.807) is 0 Å². The van der Waals surface area contributed by atoms with Crippen LogP contribution in [0.3, 0.4) is 0 Å². The van der Waals surface area contributed by atoms with Crippen molar-refractivity contribution in [1.82, 2.24) is 10.3 Å². The molecule has 1 atom stereocenters. The molecule has 1 rings (SSSR count). The minimum Gasteiger partial charge on any atom is -0.313 e. The van der Waals surface area contributed by atoms with E-state index in [0.717, 1.165) is 12.8 Å². The summed E-state index contributed by atoms with van der Waals surface area (Å²) in [5, 5.41) is 3.32. The normalized spacial score (nSPS) is 12.4. The first-order valence-corrected chi connectivity index (χ1v) is 4.98. The Kier molecular flexibility index (Phi) is 4.33. The maximum Gasteiger partial charge on any atom is 0.0324 e. The topological polar surface area (TPSA) is 24.9 Å². The maximum atomic E-state index is 4.09. The van der Waals surface area contributed by atoms with Gasteiger partial charge in [-0.1, -0.05) is 6.08 Å². The molecule has 1 N–H and O–H groups in total.